The summed E-state index contributed by atoms with van der Waals surface area (Å²) in [5, 5.41) is 4.97. The number of aldehydes is 1. The van der Waals surface area contributed by atoms with E-state index in [0.717, 1.165) is 5.56 Å². The van der Waals surface area contributed by atoms with Crippen LogP contribution in [0.2, 0.25) is 0 Å². The van der Waals surface area contributed by atoms with Crippen LogP contribution in [0.1, 0.15) is 5.56 Å². The summed E-state index contributed by atoms with van der Waals surface area (Å²) in [6.45, 7) is 1.99. The number of hydrogen-bond donors (Lipinski definition) is 2. The number of urea groups is 1. The van der Waals surface area contributed by atoms with Crippen LogP contribution in [0.5, 0.6) is 0 Å². The van der Waals surface area contributed by atoms with E-state index >= 15 is 0 Å². The molecule has 0 aliphatic heterocycles. The second kappa shape index (κ2) is 5.01. The molecule has 0 atom stereocenters. The summed E-state index contributed by atoms with van der Waals surface area (Å²) in [7, 11) is 0. The van der Waals surface area contributed by atoms with Crippen LogP contribution in [0.3, 0.4) is 0 Å². The molecule has 4 nitrogen and oxygen atoms in total. The van der Waals surface area contributed by atoms with E-state index in [0.29, 0.717) is 12.0 Å². The maximum atomic E-state index is 11.1. The van der Waals surface area contributed by atoms with Crippen LogP contribution in [0, 0.1) is 6.92 Å². The minimum absolute atomic E-state index is 0.0255. The van der Waals surface area contributed by atoms with E-state index in [2.05, 4.69) is 10.6 Å². The molecule has 14 heavy (non-hydrogen) atoms. The molecule has 0 aliphatic carbocycles. The highest BCUT2D eigenvalue weighted by atomic mass is 16.2. The Morgan fingerprint density at radius 2 is 2.00 bits per heavy atom. The third kappa shape index (κ3) is 3.26. The third-order valence-corrected chi connectivity index (χ3v) is 1.66. The highest BCUT2D eigenvalue weighted by molar-refractivity contribution is 5.90. The van der Waals surface area contributed by atoms with E-state index in [9.17, 15) is 9.59 Å². The van der Waals surface area contributed by atoms with Crippen molar-refractivity contribution >= 4 is 18.0 Å². The maximum Gasteiger partial charge on any atom is 0.319 e. The Morgan fingerprint density at radius 1 is 1.36 bits per heavy atom. The smallest absolute Gasteiger partial charge is 0.319 e. The lowest BCUT2D eigenvalue weighted by atomic mass is 10.2. The molecular formula is C10H12N2O2. The van der Waals surface area contributed by atoms with E-state index in [1.54, 1.807) is 12.1 Å². The molecule has 0 bridgehead atoms. The van der Waals surface area contributed by atoms with Crippen molar-refractivity contribution in [3.05, 3.63) is 29.8 Å². The first-order chi connectivity index (χ1) is 6.72. The number of carbonyl (C=O) groups excluding carboxylic acids is 2. The first-order valence-electron chi connectivity index (χ1n) is 4.27. The van der Waals surface area contributed by atoms with Crippen LogP contribution in [0.4, 0.5) is 10.5 Å². The minimum Gasteiger partial charge on any atom is -0.331 e. The average Bonchev–Trinajstić information content (AvgIpc) is 2.18. The number of carbonyl (C=O) groups is 2. The van der Waals surface area contributed by atoms with Gasteiger partial charge < -0.3 is 15.4 Å². The number of benzene rings is 1. The van der Waals surface area contributed by atoms with Gasteiger partial charge in [0, 0.05) is 5.69 Å². The Hall–Kier alpha value is -1.84. The summed E-state index contributed by atoms with van der Waals surface area (Å²) in [5.74, 6) is 0. The van der Waals surface area contributed by atoms with Crippen LogP contribution in [0.25, 0.3) is 0 Å². The molecule has 0 saturated heterocycles. The van der Waals surface area contributed by atoms with Gasteiger partial charge in [-0.25, -0.2) is 4.79 Å². The molecule has 1 aromatic carbocycles. The molecule has 1 rings (SSSR count). The van der Waals surface area contributed by atoms with Gasteiger partial charge in [0.25, 0.3) is 0 Å². The standard InChI is InChI=1S/C10H12N2O2/c1-8-2-4-9(5-3-8)12-10(14)11-6-7-13/h2-5,7H,6H2,1H3,(H2,11,12,14). The molecule has 0 aliphatic rings. The molecule has 0 radical (unpaired) electrons. The Morgan fingerprint density at radius 3 is 2.57 bits per heavy atom. The zero-order valence-corrected chi connectivity index (χ0v) is 7.91. The highest BCUT2D eigenvalue weighted by Crippen LogP contribution is 2.07. The summed E-state index contributed by atoms with van der Waals surface area (Å²) in [4.78, 5) is 21.0. The van der Waals surface area contributed by atoms with Gasteiger partial charge in [-0.3, -0.25) is 0 Å². The fourth-order valence-corrected chi connectivity index (χ4v) is 0.947. The molecule has 0 unspecified atom stereocenters. The topological polar surface area (TPSA) is 58.2 Å². The van der Waals surface area contributed by atoms with E-state index < -0.39 is 0 Å². The Kier molecular flexibility index (Phi) is 3.67. The Bertz CT molecular complexity index is 319. The lowest BCUT2D eigenvalue weighted by molar-refractivity contribution is -0.107. The molecule has 0 saturated carbocycles. The average molecular weight is 192 g/mol. The lowest BCUT2D eigenvalue weighted by Gasteiger charge is -2.04. The van der Waals surface area contributed by atoms with Crippen molar-refractivity contribution in [1.82, 2.24) is 5.32 Å². The second-order valence-corrected chi connectivity index (χ2v) is 2.87. The van der Waals surface area contributed by atoms with Gasteiger partial charge in [-0.15, -0.1) is 0 Å². The maximum absolute atomic E-state index is 11.1. The van der Waals surface area contributed by atoms with Crippen molar-refractivity contribution in [2.75, 3.05) is 11.9 Å². The zero-order valence-electron chi connectivity index (χ0n) is 7.91. The summed E-state index contributed by atoms with van der Waals surface area (Å²) in [5.41, 5.74) is 1.84. The fourth-order valence-electron chi connectivity index (χ4n) is 0.947. The third-order valence-electron chi connectivity index (χ3n) is 1.66. The monoisotopic (exact) mass is 192 g/mol. The van der Waals surface area contributed by atoms with Crippen molar-refractivity contribution in [1.29, 1.82) is 0 Å². The first-order valence-corrected chi connectivity index (χ1v) is 4.27. The second-order valence-electron chi connectivity index (χ2n) is 2.87. The fraction of sp³-hybridized carbons (Fsp3) is 0.200. The Balaban J connectivity index is 2.47. The largest absolute Gasteiger partial charge is 0.331 e. The van der Waals surface area contributed by atoms with Gasteiger partial charge in [0.15, 0.2) is 0 Å². The molecule has 1 aromatic rings. The molecule has 2 amide bonds. The van der Waals surface area contributed by atoms with Crippen LogP contribution in [-0.4, -0.2) is 18.9 Å². The molecular weight excluding hydrogens is 180 g/mol. The number of amides is 2. The molecule has 0 fully saturated rings. The van der Waals surface area contributed by atoms with Crippen molar-refractivity contribution in [3.8, 4) is 0 Å². The lowest BCUT2D eigenvalue weighted by Crippen LogP contribution is -2.29. The minimum atomic E-state index is -0.374. The number of nitrogens with one attached hydrogen (secondary N) is 2. The van der Waals surface area contributed by atoms with Crippen LogP contribution < -0.4 is 10.6 Å². The summed E-state index contributed by atoms with van der Waals surface area (Å²) < 4.78 is 0. The van der Waals surface area contributed by atoms with Crippen LogP contribution in [0.15, 0.2) is 24.3 Å². The van der Waals surface area contributed by atoms with Gasteiger partial charge in [-0.05, 0) is 19.1 Å². The molecule has 74 valence electrons. The first kappa shape index (κ1) is 10.2. The van der Waals surface area contributed by atoms with Crippen LogP contribution >= 0.6 is 0 Å². The van der Waals surface area contributed by atoms with Crippen molar-refractivity contribution < 1.29 is 9.59 Å². The number of hydrogen-bond acceptors (Lipinski definition) is 2. The van der Waals surface area contributed by atoms with Gasteiger partial charge in [-0.2, -0.15) is 0 Å². The predicted molar refractivity (Wildman–Crippen MR) is 54.3 cm³/mol. The van der Waals surface area contributed by atoms with E-state index in [-0.39, 0.29) is 12.6 Å². The quantitative estimate of drug-likeness (QED) is 0.709. The van der Waals surface area contributed by atoms with Crippen molar-refractivity contribution in [2.24, 2.45) is 0 Å². The molecule has 4 heteroatoms. The predicted octanol–water partition coefficient (Wildman–Crippen LogP) is 1.32. The SMILES string of the molecule is Cc1ccc(NC(=O)NCC=O)cc1. The van der Waals surface area contributed by atoms with Gasteiger partial charge in [0.1, 0.15) is 6.29 Å². The van der Waals surface area contributed by atoms with Crippen molar-refractivity contribution in [3.63, 3.8) is 0 Å². The summed E-state index contributed by atoms with van der Waals surface area (Å²) in [6.07, 6.45) is 0.634. The Labute approximate surface area is 82.3 Å². The van der Waals surface area contributed by atoms with Gasteiger partial charge in [0.2, 0.25) is 0 Å². The van der Waals surface area contributed by atoms with Crippen molar-refractivity contribution in [2.45, 2.75) is 6.92 Å². The normalized spacial score (nSPS) is 9.21. The molecule has 0 spiro atoms. The highest BCUT2D eigenvalue weighted by Gasteiger charge is 1.98. The molecule has 2 N–H and O–H groups in total. The number of aryl methyl sites for hydroxylation is 1. The van der Waals surface area contributed by atoms with Gasteiger partial charge >= 0.3 is 6.03 Å². The molecule has 0 heterocycles. The summed E-state index contributed by atoms with van der Waals surface area (Å²) in [6, 6.07) is 7.03. The summed E-state index contributed by atoms with van der Waals surface area (Å²) >= 11 is 0. The number of anilines is 1. The van der Waals surface area contributed by atoms with E-state index in [4.69, 9.17) is 0 Å². The van der Waals surface area contributed by atoms with E-state index in [1.165, 1.54) is 0 Å². The van der Waals surface area contributed by atoms with Crippen LogP contribution in [-0.2, 0) is 4.79 Å². The van der Waals surface area contributed by atoms with E-state index in [1.807, 2.05) is 19.1 Å². The van der Waals surface area contributed by atoms with Gasteiger partial charge in [0.05, 0.1) is 6.54 Å². The van der Waals surface area contributed by atoms with Gasteiger partial charge in [-0.1, -0.05) is 17.7 Å². The zero-order chi connectivity index (χ0) is 10.4. The molecule has 0 aromatic heterocycles. The number of rotatable bonds is 3.